The average molecular weight is 200 g/mol. The molecule has 0 aromatic heterocycles. The highest BCUT2D eigenvalue weighted by Gasteiger charge is 2.27. The highest BCUT2D eigenvalue weighted by Crippen LogP contribution is 2.18. The summed E-state index contributed by atoms with van der Waals surface area (Å²) in [5, 5.41) is 2.85. The SMILES string of the molecule is CC(CN)CNC(=O)C1CCC(C)O1. The van der Waals surface area contributed by atoms with Crippen LogP contribution in [0.25, 0.3) is 0 Å². The number of carbonyl (C=O) groups excluding carboxylic acids is 1. The van der Waals surface area contributed by atoms with E-state index in [2.05, 4.69) is 5.32 Å². The number of hydrogen-bond acceptors (Lipinski definition) is 3. The summed E-state index contributed by atoms with van der Waals surface area (Å²) in [6.07, 6.45) is 1.79. The van der Waals surface area contributed by atoms with Gasteiger partial charge in [-0.15, -0.1) is 0 Å². The lowest BCUT2D eigenvalue weighted by Crippen LogP contribution is -2.38. The Balaban J connectivity index is 2.22. The summed E-state index contributed by atoms with van der Waals surface area (Å²) in [5.74, 6) is 0.340. The molecule has 1 heterocycles. The Morgan fingerprint density at radius 3 is 2.86 bits per heavy atom. The van der Waals surface area contributed by atoms with E-state index in [1.54, 1.807) is 0 Å². The molecule has 0 aromatic carbocycles. The van der Waals surface area contributed by atoms with Crippen LogP contribution in [0.15, 0.2) is 0 Å². The molecule has 3 N–H and O–H groups in total. The fourth-order valence-electron chi connectivity index (χ4n) is 1.47. The summed E-state index contributed by atoms with van der Waals surface area (Å²) in [4.78, 5) is 11.5. The molecule has 0 bridgehead atoms. The van der Waals surface area contributed by atoms with Gasteiger partial charge >= 0.3 is 0 Å². The minimum atomic E-state index is -0.241. The Morgan fingerprint density at radius 1 is 1.64 bits per heavy atom. The van der Waals surface area contributed by atoms with Gasteiger partial charge in [-0.25, -0.2) is 0 Å². The minimum Gasteiger partial charge on any atom is -0.365 e. The van der Waals surface area contributed by atoms with E-state index < -0.39 is 0 Å². The number of carbonyl (C=O) groups is 1. The van der Waals surface area contributed by atoms with Gasteiger partial charge in [-0.1, -0.05) is 6.92 Å². The lowest BCUT2D eigenvalue weighted by atomic mass is 10.1. The van der Waals surface area contributed by atoms with Crippen LogP contribution in [0, 0.1) is 5.92 Å². The highest BCUT2D eigenvalue weighted by molar-refractivity contribution is 5.80. The van der Waals surface area contributed by atoms with Gasteiger partial charge in [-0.2, -0.15) is 0 Å². The first-order valence-electron chi connectivity index (χ1n) is 5.26. The minimum absolute atomic E-state index is 0.00894. The third-order valence-electron chi connectivity index (χ3n) is 2.55. The Kier molecular flexibility index (Phi) is 4.35. The Morgan fingerprint density at radius 2 is 2.36 bits per heavy atom. The molecule has 1 aliphatic rings. The van der Waals surface area contributed by atoms with E-state index in [9.17, 15) is 4.79 Å². The van der Waals surface area contributed by atoms with Gasteiger partial charge in [0.25, 0.3) is 0 Å². The molecule has 3 atom stereocenters. The standard InChI is InChI=1S/C10H20N2O2/c1-7(5-11)6-12-10(13)9-4-3-8(2)14-9/h7-9H,3-6,11H2,1-2H3,(H,12,13). The van der Waals surface area contributed by atoms with Gasteiger partial charge in [0.15, 0.2) is 0 Å². The van der Waals surface area contributed by atoms with Crippen LogP contribution in [0.2, 0.25) is 0 Å². The molecule has 1 rings (SSSR count). The Labute approximate surface area is 85.2 Å². The smallest absolute Gasteiger partial charge is 0.249 e. The first-order chi connectivity index (χ1) is 6.63. The van der Waals surface area contributed by atoms with Crippen molar-refractivity contribution in [3.8, 4) is 0 Å². The molecule has 82 valence electrons. The molecule has 1 saturated heterocycles. The van der Waals surface area contributed by atoms with Crippen LogP contribution in [0.5, 0.6) is 0 Å². The zero-order valence-corrected chi connectivity index (χ0v) is 8.95. The first kappa shape index (κ1) is 11.5. The lowest BCUT2D eigenvalue weighted by Gasteiger charge is -2.14. The molecule has 14 heavy (non-hydrogen) atoms. The van der Waals surface area contributed by atoms with Crippen LogP contribution in [-0.2, 0) is 9.53 Å². The Bertz CT molecular complexity index is 197. The second-order valence-corrected chi connectivity index (χ2v) is 4.10. The molecule has 3 unspecified atom stereocenters. The van der Waals surface area contributed by atoms with Crippen LogP contribution in [0.1, 0.15) is 26.7 Å². The fraction of sp³-hybridized carbons (Fsp3) is 0.900. The molecule has 0 spiro atoms. The largest absolute Gasteiger partial charge is 0.365 e. The summed E-state index contributed by atoms with van der Waals surface area (Å²) < 4.78 is 5.45. The first-order valence-corrected chi connectivity index (χ1v) is 5.26. The van der Waals surface area contributed by atoms with Crippen LogP contribution in [0.4, 0.5) is 0 Å². The maximum absolute atomic E-state index is 11.5. The quantitative estimate of drug-likeness (QED) is 0.684. The number of ether oxygens (including phenoxy) is 1. The summed E-state index contributed by atoms with van der Waals surface area (Å²) in [7, 11) is 0. The van der Waals surface area contributed by atoms with Gasteiger partial charge in [0.2, 0.25) is 5.91 Å². The molecule has 4 heteroatoms. The molecular weight excluding hydrogens is 180 g/mol. The van der Waals surface area contributed by atoms with Gasteiger partial charge in [0, 0.05) is 6.54 Å². The fourth-order valence-corrected chi connectivity index (χ4v) is 1.47. The topological polar surface area (TPSA) is 64.3 Å². The lowest BCUT2D eigenvalue weighted by molar-refractivity contribution is -0.131. The van der Waals surface area contributed by atoms with E-state index in [-0.39, 0.29) is 18.1 Å². The zero-order chi connectivity index (χ0) is 10.6. The van der Waals surface area contributed by atoms with Crippen molar-refractivity contribution in [3.05, 3.63) is 0 Å². The van der Waals surface area contributed by atoms with Crippen molar-refractivity contribution in [3.63, 3.8) is 0 Å². The van der Waals surface area contributed by atoms with Crippen LogP contribution < -0.4 is 11.1 Å². The summed E-state index contributed by atoms with van der Waals surface area (Å²) >= 11 is 0. The van der Waals surface area contributed by atoms with Crippen molar-refractivity contribution < 1.29 is 9.53 Å². The Hall–Kier alpha value is -0.610. The third kappa shape index (κ3) is 3.27. The molecule has 4 nitrogen and oxygen atoms in total. The van der Waals surface area contributed by atoms with Gasteiger partial charge < -0.3 is 15.8 Å². The van der Waals surface area contributed by atoms with Crippen molar-refractivity contribution in [2.45, 2.75) is 38.9 Å². The van der Waals surface area contributed by atoms with E-state index in [0.29, 0.717) is 19.0 Å². The molecular formula is C10H20N2O2. The van der Waals surface area contributed by atoms with Crippen molar-refractivity contribution in [1.82, 2.24) is 5.32 Å². The summed E-state index contributed by atoms with van der Waals surface area (Å²) in [5.41, 5.74) is 5.45. The third-order valence-corrected chi connectivity index (χ3v) is 2.55. The van der Waals surface area contributed by atoms with Crippen molar-refractivity contribution in [2.24, 2.45) is 11.7 Å². The number of rotatable bonds is 4. The zero-order valence-electron chi connectivity index (χ0n) is 8.95. The van der Waals surface area contributed by atoms with Gasteiger partial charge in [0.1, 0.15) is 6.10 Å². The van der Waals surface area contributed by atoms with E-state index in [4.69, 9.17) is 10.5 Å². The van der Waals surface area contributed by atoms with Gasteiger partial charge in [-0.3, -0.25) is 4.79 Å². The normalized spacial score (nSPS) is 28.8. The van der Waals surface area contributed by atoms with Crippen LogP contribution in [-0.4, -0.2) is 31.2 Å². The predicted octanol–water partition coefficient (Wildman–Crippen LogP) is 0.265. The number of nitrogens with two attached hydrogens (primary N) is 1. The van der Waals surface area contributed by atoms with Gasteiger partial charge in [0.05, 0.1) is 6.10 Å². The predicted molar refractivity (Wildman–Crippen MR) is 54.8 cm³/mol. The van der Waals surface area contributed by atoms with Crippen molar-refractivity contribution in [1.29, 1.82) is 0 Å². The maximum Gasteiger partial charge on any atom is 0.249 e. The number of amides is 1. The highest BCUT2D eigenvalue weighted by atomic mass is 16.5. The molecule has 1 aliphatic heterocycles. The van der Waals surface area contributed by atoms with Crippen LogP contribution in [0.3, 0.4) is 0 Å². The summed E-state index contributed by atoms with van der Waals surface area (Å²) in [6.45, 7) is 5.25. The van der Waals surface area contributed by atoms with Crippen molar-refractivity contribution >= 4 is 5.91 Å². The number of nitrogens with one attached hydrogen (secondary N) is 1. The molecule has 0 saturated carbocycles. The van der Waals surface area contributed by atoms with E-state index in [0.717, 1.165) is 12.8 Å². The molecule has 1 amide bonds. The van der Waals surface area contributed by atoms with Gasteiger partial charge in [-0.05, 0) is 32.2 Å². The molecule has 0 radical (unpaired) electrons. The average Bonchev–Trinajstić information content (AvgIpc) is 2.60. The van der Waals surface area contributed by atoms with Crippen molar-refractivity contribution in [2.75, 3.05) is 13.1 Å². The summed E-state index contributed by atoms with van der Waals surface area (Å²) in [6, 6.07) is 0. The number of hydrogen-bond donors (Lipinski definition) is 2. The molecule has 0 aliphatic carbocycles. The maximum atomic E-state index is 11.5. The molecule has 1 fully saturated rings. The van der Waals surface area contributed by atoms with Crippen LogP contribution >= 0.6 is 0 Å². The second kappa shape index (κ2) is 5.32. The molecule has 0 aromatic rings. The van der Waals surface area contributed by atoms with E-state index in [1.165, 1.54) is 0 Å². The van der Waals surface area contributed by atoms with E-state index in [1.807, 2.05) is 13.8 Å². The second-order valence-electron chi connectivity index (χ2n) is 4.10. The monoisotopic (exact) mass is 200 g/mol. The van der Waals surface area contributed by atoms with E-state index >= 15 is 0 Å².